The van der Waals surface area contributed by atoms with Crippen molar-refractivity contribution in [2.45, 2.75) is 26.7 Å². The number of rotatable bonds is 9. The van der Waals surface area contributed by atoms with Gasteiger partial charge in [-0.05, 0) is 13.8 Å². The maximum atomic E-state index is 11.2. The van der Waals surface area contributed by atoms with Gasteiger partial charge in [0.15, 0.2) is 0 Å². The number of hydrazine groups is 1. The molecule has 18 heavy (non-hydrogen) atoms. The van der Waals surface area contributed by atoms with E-state index in [0.29, 0.717) is 39.1 Å². The van der Waals surface area contributed by atoms with Gasteiger partial charge in [-0.2, -0.15) is 0 Å². The predicted molar refractivity (Wildman–Crippen MR) is 67.8 cm³/mol. The van der Waals surface area contributed by atoms with Gasteiger partial charge in [0.1, 0.15) is 0 Å². The Labute approximate surface area is 109 Å². The zero-order valence-electron chi connectivity index (χ0n) is 11.8. The van der Waals surface area contributed by atoms with Crippen molar-refractivity contribution in [3.8, 4) is 0 Å². The zero-order valence-corrected chi connectivity index (χ0v) is 11.8. The zero-order chi connectivity index (χ0) is 14.0. The molecule has 0 fully saturated rings. The highest BCUT2D eigenvalue weighted by atomic mass is 16.5. The Morgan fingerprint density at radius 2 is 1.17 bits per heavy atom. The highest BCUT2D eigenvalue weighted by Gasteiger charge is 2.11. The summed E-state index contributed by atoms with van der Waals surface area (Å²) in [5.41, 5.74) is 0. The van der Waals surface area contributed by atoms with Crippen molar-refractivity contribution in [3.63, 3.8) is 0 Å². The van der Waals surface area contributed by atoms with Gasteiger partial charge in [-0.15, -0.1) is 0 Å². The van der Waals surface area contributed by atoms with E-state index in [1.165, 1.54) is 0 Å². The first-order chi connectivity index (χ1) is 8.51. The monoisotopic (exact) mass is 260 g/mol. The summed E-state index contributed by atoms with van der Waals surface area (Å²) < 4.78 is 9.69. The maximum absolute atomic E-state index is 11.2. The summed E-state index contributed by atoms with van der Waals surface area (Å²) in [6.07, 6.45) is 0.683. The molecule has 6 heteroatoms. The fourth-order valence-electron chi connectivity index (χ4n) is 1.31. The summed E-state index contributed by atoms with van der Waals surface area (Å²) >= 11 is 0. The Kier molecular flexibility index (Phi) is 9.22. The third-order valence-electron chi connectivity index (χ3n) is 2.47. The van der Waals surface area contributed by atoms with E-state index in [4.69, 9.17) is 9.47 Å². The van der Waals surface area contributed by atoms with Gasteiger partial charge in [-0.25, -0.2) is 10.0 Å². The van der Waals surface area contributed by atoms with Crippen molar-refractivity contribution >= 4 is 11.9 Å². The van der Waals surface area contributed by atoms with Crippen molar-refractivity contribution in [1.29, 1.82) is 0 Å². The number of nitrogens with zero attached hydrogens (tertiary/aromatic N) is 2. The highest BCUT2D eigenvalue weighted by molar-refractivity contribution is 5.69. The van der Waals surface area contributed by atoms with Gasteiger partial charge in [0.25, 0.3) is 0 Å². The summed E-state index contributed by atoms with van der Waals surface area (Å²) in [7, 11) is 3.73. The molecule has 0 atom stereocenters. The fraction of sp³-hybridized carbons (Fsp3) is 0.833. The van der Waals surface area contributed by atoms with E-state index >= 15 is 0 Å². The molecule has 0 aromatic heterocycles. The van der Waals surface area contributed by atoms with Crippen LogP contribution in [-0.4, -0.2) is 62.4 Å². The first kappa shape index (κ1) is 16.9. The van der Waals surface area contributed by atoms with Crippen LogP contribution in [0.1, 0.15) is 26.7 Å². The molecule has 0 aliphatic carbocycles. The lowest BCUT2D eigenvalue weighted by Crippen LogP contribution is -2.39. The van der Waals surface area contributed by atoms with Crippen LogP contribution in [0.4, 0.5) is 0 Å². The summed E-state index contributed by atoms with van der Waals surface area (Å²) in [4.78, 5) is 22.4. The summed E-state index contributed by atoms with van der Waals surface area (Å²) in [6, 6.07) is 0. The van der Waals surface area contributed by atoms with Crippen LogP contribution in [0.2, 0.25) is 0 Å². The number of hydrogen-bond donors (Lipinski definition) is 0. The molecule has 0 radical (unpaired) electrons. The first-order valence-corrected chi connectivity index (χ1v) is 6.24. The molecule has 106 valence electrons. The molecule has 0 rings (SSSR count). The van der Waals surface area contributed by atoms with E-state index in [1.807, 2.05) is 24.1 Å². The lowest BCUT2D eigenvalue weighted by atomic mass is 10.4. The number of carbonyl (C=O) groups is 2. The summed E-state index contributed by atoms with van der Waals surface area (Å²) in [5, 5.41) is 3.77. The molecule has 0 aliphatic heterocycles. The van der Waals surface area contributed by atoms with Crippen LogP contribution in [0.5, 0.6) is 0 Å². The fourth-order valence-corrected chi connectivity index (χ4v) is 1.31. The highest BCUT2D eigenvalue weighted by Crippen LogP contribution is 1.98. The van der Waals surface area contributed by atoms with Crippen molar-refractivity contribution in [3.05, 3.63) is 0 Å². The van der Waals surface area contributed by atoms with Gasteiger partial charge in [0, 0.05) is 27.2 Å². The molecule has 0 saturated carbocycles. The van der Waals surface area contributed by atoms with Crippen molar-refractivity contribution in [2.24, 2.45) is 0 Å². The van der Waals surface area contributed by atoms with E-state index in [0.717, 1.165) is 0 Å². The lowest BCUT2D eigenvalue weighted by molar-refractivity contribution is -0.146. The molecule has 0 aromatic rings. The van der Waals surface area contributed by atoms with Gasteiger partial charge in [0.05, 0.1) is 26.1 Å². The van der Waals surface area contributed by atoms with E-state index in [-0.39, 0.29) is 11.9 Å². The molecule has 0 bridgehead atoms. The third kappa shape index (κ3) is 8.03. The van der Waals surface area contributed by atoms with Crippen LogP contribution in [0.15, 0.2) is 0 Å². The van der Waals surface area contributed by atoms with E-state index in [9.17, 15) is 9.59 Å². The van der Waals surface area contributed by atoms with Gasteiger partial charge in [-0.1, -0.05) is 0 Å². The molecule has 0 amide bonds. The smallest absolute Gasteiger partial charge is 0.307 e. The van der Waals surface area contributed by atoms with Crippen LogP contribution in [-0.2, 0) is 19.1 Å². The van der Waals surface area contributed by atoms with Gasteiger partial charge in [-0.3, -0.25) is 9.59 Å². The SMILES string of the molecule is CCOC(=O)CCN(C)N(C)CCC(=O)OCC. The van der Waals surface area contributed by atoms with E-state index in [2.05, 4.69) is 0 Å². The number of esters is 2. The molecule has 0 saturated heterocycles. The largest absolute Gasteiger partial charge is 0.466 e. The van der Waals surface area contributed by atoms with Crippen LogP contribution in [0.25, 0.3) is 0 Å². The topological polar surface area (TPSA) is 59.1 Å². The third-order valence-corrected chi connectivity index (χ3v) is 2.47. The van der Waals surface area contributed by atoms with Crippen LogP contribution in [0, 0.1) is 0 Å². The molecule has 0 aliphatic rings. The Bertz CT molecular complexity index is 232. The second kappa shape index (κ2) is 9.85. The minimum atomic E-state index is -0.205. The summed E-state index contributed by atoms with van der Waals surface area (Å²) in [6.45, 7) is 5.51. The van der Waals surface area contributed by atoms with Crippen molar-refractivity contribution < 1.29 is 19.1 Å². The Morgan fingerprint density at radius 1 is 0.833 bits per heavy atom. The molecule has 0 N–H and O–H groups in total. The first-order valence-electron chi connectivity index (χ1n) is 6.24. The quantitative estimate of drug-likeness (QED) is 0.448. The summed E-state index contributed by atoms with van der Waals surface area (Å²) in [5.74, 6) is -0.411. The minimum Gasteiger partial charge on any atom is -0.466 e. The minimum absolute atomic E-state index is 0.205. The van der Waals surface area contributed by atoms with E-state index < -0.39 is 0 Å². The predicted octanol–water partition coefficient (Wildman–Crippen LogP) is 0.671. The average molecular weight is 260 g/mol. The lowest BCUT2D eigenvalue weighted by Gasteiger charge is -2.27. The number of ether oxygens (including phenoxy) is 2. The average Bonchev–Trinajstić information content (AvgIpc) is 2.33. The molecule has 0 heterocycles. The van der Waals surface area contributed by atoms with Gasteiger partial charge < -0.3 is 9.47 Å². The van der Waals surface area contributed by atoms with Crippen molar-refractivity contribution in [1.82, 2.24) is 10.0 Å². The molecule has 0 unspecified atom stereocenters. The second-order valence-corrected chi connectivity index (χ2v) is 3.87. The Morgan fingerprint density at radius 3 is 1.44 bits per heavy atom. The molecule has 6 nitrogen and oxygen atoms in total. The van der Waals surface area contributed by atoms with Crippen LogP contribution in [0.3, 0.4) is 0 Å². The van der Waals surface area contributed by atoms with Gasteiger partial charge in [0.2, 0.25) is 0 Å². The molecular weight excluding hydrogens is 236 g/mol. The van der Waals surface area contributed by atoms with E-state index in [1.54, 1.807) is 13.8 Å². The van der Waals surface area contributed by atoms with Crippen LogP contribution >= 0.6 is 0 Å². The van der Waals surface area contributed by atoms with Crippen LogP contribution < -0.4 is 0 Å². The number of hydrogen-bond acceptors (Lipinski definition) is 6. The molecule has 0 aromatic carbocycles. The normalized spacial score (nSPS) is 10.8. The van der Waals surface area contributed by atoms with Gasteiger partial charge >= 0.3 is 11.9 Å². The van der Waals surface area contributed by atoms with Crippen molar-refractivity contribution in [2.75, 3.05) is 40.4 Å². The standard InChI is InChI=1S/C12H24N2O4/c1-5-17-11(15)7-9-13(3)14(4)10-8-12(16)18-6-2/h5-10H2,1-4H3. The maximum Gasteiger partial charge on any atom is 0.307 e. The Balaban J connectivity index is 3.78. The molecular formula is C12H24N2O4. The second-order valence-electron chi connectivity index (χ2n) is 3.87. The Hall–Kier alpha value is -1.14. The number of carbonyl (C=O) groups excluding carboxylic acids is 2. The molecule has 0 spiro atoms.